The number of likely N-dealkylation sites (tertiary alicyclic amines) is 1. The van der Waals surface area contributed by atoms with Crippen LogP contribution < -0.4 is 10.6 Å². The monoisotopic (exact) mass is 449 g/mol. The van der Waals surface area contributed by atoms with Gasteiger partial charge in [0.05, 0.1) is 18.7 Å². The Labute approximate surface area is 194 Å². The molecule has 0 radical (unpaired) electrons. The standard InChI is InChI=1S/C26H31N3O4/c1-3-15-33-26(31)29-14-7-10-20-23(18-8-5-4-6-9-18)28-22-12-11-19(17-21(22)24(20)29)25(30)27-13-16-32-2/h3-6,8-9,11-12,17,20,23-24,28H,1,7,10,13-16H2,2H3,(H,27,30)/t20-,23?,24-/m0/s1. The number of methoxy groups -OCH3 is 1. The van der Waals surface area contributed by atoms with Crippen molar-refractivity contribution in [3.63, 3.8) is 0 Å². The number of carbonyl (C=O) groups is 2. The molecule has 0 aromatic heterocycles. The molecule has 2 amide bonds. The minimum Gasteiger partial charge on any atom is -0.445 e. The second-order valence-electron chi connectivity index (χ2n) is 8.39. The first-order valence-electron chi connectivity index (χ1n) is 11.4. The van der Waals surface area contributed by atoms with Gasteiger partial charge in [0.15, 0.2) is 0 Å². The molecule has 1 saturated heterocycles. The number of anilines is 1. The molecule has 7 nitrogen and oxygen atoms in total. The molecule has 2 aromatic rings. The van der Waals surface area contributed by atoms with Crippen LogP contribution in [0.5, 0.6) is 0 Å². The van der Waals surface area contributed by atoms with Gasteiger partial charge in [-0.25, -0.2) is 4.79 Å². The fourth-order valence-electron chi connectivity index (χ4n) is 4.91. The maximum absolute atomic E-state index is 13.0. The van der Waals surface area contributed by atoms with Gasteiger partial charge in [0.1, 0.15) is 6.61 Å². The molecule has 2 N–H and O–H groups in total. The average Bonchev–Trinajstić information content (AvgIpc) is 2.86. The third-order valence-corrected chi connectivity index (χ3v) is 6.36. The first-order chi connectivity index (χ1) is 16.1. The van der Waals surface area contributed by atoms with Crippen molar-refractivity contribution in [3.8, 4) is 0 Å². The fourth-order valence-corrected chi connectivity index (χ4v) is 4.91. The van der Waals surface area contributed by atoms with Gasteiger partial charge in [-0.2, -0.15) is 0 Å². The molecule has 33 heavy (non-hydrogen) atoms. The molecule has 1 fully saturated rings. The van der Waals surface area contributed by atoms with E-state index in [1.165, 1.54) is 5.56 Å². The molecule has 0 aliphatic carbocycles. The maximum Gasteiger partial charge on any atom is 0.410 e. The van der Waals surface area contributed by atoms with Crippen molar-refractivity contribution in [3.05, 3.63) is 77.9 Å². The summed E-state index contributed by atoms with van der Waals surface area (Å²) in [7, 11) is 1.60. The molecular formula is C26H31N3O4. The van der Waals surface area contributed by atoms with Crippen LogP contribution in [0.2, 0.25) is 0 Å². The number of piperidine rings is 1. The van der Waals surface area contributed by atoms with Crippen molar-refractivity contribution in [1.29, 1.82) is 0 Å². The van der Waals surface area contributed by atoms with Crippen molar-refractivity contribution in [1.82, 2.24) is 10.2 Å². The molecule has 174 valence electrons. The third-order valence-electron chi connectivity index (χ3n) is 6.36. The van der Waals surface area contributed by atoms with Gasteiger partial charge in [0.2, 0.25) is 0 Å². The number of rotatable bonds is 7. The van der Waals surface area contributed by atoms with Gasteiger partial charge >= 0.3 is 6.09 Å². The van der Waals surface area contributed by atoms with E-state index < -0.39 is 0 Å². The highest BCUT2D eigenvalue weighted by molar-refractivity contribution is 5.95. The highest BCUT2D eigenvalue weighted by Gasteiger charge is 2.44. The Morgan fingerprint density at radius 2 is 2.06 bits per heavy atom. The number of nitrogens with one attached hydrogen (secondary N) is 2. The summed E-state index contributed by atoms with van der Waals surface area (Å²) in [4.78, 5) is 27.5. The Kier molecular flexibility index (Phi) is 7.29. The zero-order valence-electron chi connectivity index (χ0n) is 19.0. The summed E-state index contributed by atoms with van der Waals surface area (Å²) >= 11 is 0. The van der Waals surface area contributed by atoms with E-state index in [4.69, 9.17) is 9.47 Å². The second-order valence-corrected chi connectivity index (χ2v) is 8.39. The lowest BCUT2D eigenvalue weighted by Crippen LogP contribution is -2.48. The van der Waals surface area contributed by atoms with Crippen LogP contribution in [0.4, 0.5) is 10.5 Å². The van der Waals surface area contributed by atoms with Crippen LogP contribution in [0.15, 0.2) is 61.2 Å². The minimum atomic E-state index is -0.348. The zero-order valence-corrected chi connectivity index (χ0v) is 19.0. The SMILES string of the molecule is C=CCOC(=O)N1CCC[C@H]2C(c3ccccc3)Nc3ccc(C(=O)NCCOC)cc3[C@H]21. The Hall–Kier alpha value is -3.32. The normalized spacial score (nSPS) is 21.2. The van der Waals surface area contributed by atoms with Crippen LogP contribution in [-0.4, -0.2) is 50.3 Å². The Morgan fingerprint density at radius 3 is 2.82 bits per heavy atom. The van der Waals surface area contributed by atoms with E-state index in [9.17, 15) is 9.59 Å². The summed E-state index contributed by atoms with van der Waals surface area (Å²) in [5, 5.41) is 6.56. The van der Waals surface area contributed by atoms with Gasteiger partial charge in [-0.1, -0.05) is 43.0 Å². The molecule has 7 heteroatoms. The largest absolute Gasteiger partial charge is 0.445 e. The molecule has 0 spiro atoms. The minimum absolute atomic E-state index is 0.0556. The van der Waals surface area contributed by atoms with Gasteiger partial charge in [-0.15, -0.1) is 0 Å². The van der Waals surface area contributed by atoms with Crippen molar-refractivity contribution < 1.29 is 19.1 Å². The van der Waals surface area contributed by atoms with E-state index in [1.807, 2.05) is 41.3 Å². The average molecular weight is 450 g/mol. The summed E-state index contributed by atoms with van der Waals surface area (Å²) in [5.41, 5.74) is 3.62. The molecular weight excluding hydrogens is 418 g/mol. The van der Waals surface area contributed by atoms with Gasteiger partial charge in [0, 0.05) is 37.4 Å². The van der Waals surface area contributed by atoms with E-state index >= 15 is 0 Å². The van der Waals surface area contributed by atoms with Crippen molar-refractivity contribution in [2.24, 2.45) is 5.92 Å². The molecule has 3 atom stereocenters. The summed E-state index contributed by atoms with van der Waals surface area (Å²) in [6.45, 7) is 5.32. The number of hydrogen-bond donors (Lipinski definition) is 2. The number of ether oxygens (including phenoxy) is 2. The van der Waals surface area contributed by atoms with Crippen LogP contribution in [0.1, 0.15) is 46.4 Å². The number of carbonyl (C=O) groups excluding carboxylic acids is 2. The number of hydrogen-bond acceptors (Lipinski definition) is 5. The highest BCUT2D eigenvalue weighted by atomic mass is 16.6. The van der Waals surface area contributed by atoms with E-state index in [0.29, 0.717) is 25.3 Å². The summed E-state index contributed by atoms with van der Waals surface area (Å²) < 4.78 is 10.5. The quantitative estimate of drug-likeness (QED) is 0.487. The lowest BCUT2D eigenvalue weighted by atomic mass is 9.74. The Morgan fingerprint density at radius 1 is 1.24 bits per heavy atom. The van der Waals surface area contributed by atoms with E-state index in [-0.39, 0.29) is 36.6 Å². The highest BCUT2D eigenvalue weighted by Crippen LogP contribution is 2.50. The summed E-state index contributed by atoms with van der Waals surface area (Å²) in [5.74, 6) is -0.00934. The van der Waals surface area contributed by atoms with Crippen LogP contribution in [0.3, 0.4) is 0 Å². The first-order valence-corrected chi connectivity index (χ1v) is 11.4. The lowest BCUT2D eigenvalue weighted by molar-refractivity contribution is 0.0505. The predicted molar refractivity (Wildman–Crippen MR) is 127 cm³/mol. The number of nitrogens with zero attached hydrogens (tertiary/aromatic N) is 1. The van der Waals surface area contributed by atoms with Gasteiger partial charge in [-0.05, 0) is 42.2 Å². The summed E-state index contributed by atoms with van der Waals surface area (Å²) in [6, 6.07) is 15.8. The van der Waals surface area contributed by atoms with E-state index in [0.717, 1.165) is 24.1 Å². The second kappa shape index (κ2) is 10.5. The maximum atomic E-state index is 13.0. The first kappa shape index (κ1) is 22.9. The molecule has 2 aliphatic rings. The van der Waals surface area contributed by atoms with E-state index in [1.54, 1.807) is 13.2 Å². The summed E-state index contributed by atoms with van der Waals surface area (Å²) in [6.07, 6.45) is 3.08. The van der Waals surface area contributed by atoms with Gasteiger partial charge in [0.25, 0.3) is 5.91 Å². The predicted octanol–water partition coefficient (Wildman–Crippen LogP) is 4.31. The van der Waals surface area contributed by atoms with Crippen LogP contribution in [0, 0.1) is 5.92 Å². The van der Waals surface area contributed by atoms with Crippen molar-refractivity contribution in [2.75, 3.05) is 38.7 Å². The smallest absolute Gasteiger partial charge is 0.410 e. The van der Waals surface area contributed by atoms with Crippen LogP contribution in [-0.2, 0) is 9.47 Å². The van der Waals surface area contributed by atoms with Gasteiger partial charge < -0.3 is 25.0 Å². The Balaban J connectivity index is 1.72. The molecule has 4 rings (SSSR count). The van der Waals surface area contributed by atoms with Crippen molar-refractivity contribution >= 4 is 17.7 Å². The molecule has 1 unspecified atom stereocenters. The zero-order chi connectivity index (χ0) is 23.2. The van der Waals surface area contributed by atoms with Crippen molar-refractivity contribution in [2.45, 2.75) is 24.9 Å². The Bertz CT molecular complexity index is 994. The number of fused-ring (bicyclic) bond motifs is 3. The lowest BCUT2D eigenvalue weighted by Gasteiger charge is -2.48. The topological polar surface area (TPSA) is 79.9 Å². The third kappa shape index (κ3) is 4.88. The number of benzene rings is 2. The van der Waals surface area contributed by atoms with E-state index in [2.05, 4.69) is 29.3 Å². The van der Waals surface area contributed by atoms with Crippen LogP contribution in [0.25, 0.3) is 0 Å². The van der Waals surface area contributed by atoms with Crippen LogP contribution >= 0.6 is 0 Å². The van der Waals surface area contributed by atoms with Gasteiger partial charge in [-0.3, -0.25) is 4.79 Å². The number of amides is 2. The molecule has 0 bridgehead atoms. The molecule has 2 heterocycles. The fraction of sp³-hybridized carbons (Fsp3) is 0.385. The molecule has 2 aromatic carbocycles. The molecule has 0 saturated carbocycles. The molecule has 2 aliphatic heterocycles.